The summed E-state index contributed by atoms with van der Waals surface area (Å²) in [7, 11) is 1.48. The summed E-state index contributed by atoms with van der Waals surface area (Å²) >= 11 is 0. The van der Waals surface area contributed by atoms with Crippen LogP contribution in [0.3, 0.4) is 0 Å². The molecule has 1 fully saturated rings. The standard InChI is InChI=1S/C36H57F2N5O6.ClH.H2O/c1-7-11-27(42-35(48)29(41-32(45)17-23(4)5)20-25-14-15-30(49-6)26(39)18-25)34(47)43-28(19-24-12-9-8-10-13-24)33(46)36(37,38)21-40-31(44)16-22(2)3;;/h14-15,18,22-24,27-29H,7-13,16-17,19-21,39H2,1-6H3,(H,40,44)(H,41,45)(H,42,48)(H,43,47);1H;1H2/t27-,28?,29-;;/m0../s1. The molecule has 8 N–H and O–H groups in total. The normalized spacial score (nSPS) is 15.0. The minimum absolute atomic E-state index is 0. The average molecular weight is 748 g/mol. The maximum absolute atomic E-state index is 15.3. The molecule has 1 saturated carbocycles. The number of alkyl halides is 2. The maximum atomic E-state index is 15.3. The highest BCUT2D eigenvalue weighted by Gasteiger charge is 2.45. The van der Waals surface area contributed by atoms with Gasteiger partial charge in [-0.2, -0.15) is 8.78 Å². The van der Waals surface area contributed by atoms with Gasteiger partial charge in [0.15, 0.2) is 0 Å². The van der Waals surface area contributed by atoms with Crippen molar-refractivity contribution >= 4 is 47.5 Å². The van der Waals surface area contributed by atoms with Crippen molar-refractivity contribution in [2.75, 3.05) is 19.4 Å². The number of nitrogens with one attached hydrogen (secondary N) is 4. The van der Waals surface area contributed by atoms with E-state index >= 15 is 8.78 Å². The second kappa shape index (κ2) is 23.1. The summed E-state index contributed by atoms with van der Waals surface area (Å²) < 4.78 is 35.8. The van der Waals surface area contributed by atoms with Crippen molar-refractivity contribution in [3.63, 3.8) is 0 Å². The third-order valence-electron chi connectivity index (χ3n) is 8.58. The Bertz CT molecular complexity index is 1280. The Morgan fingerprint density at radius 3 is 2.00 bits per heavy atom. The molecular formula is C36H60ClF2N5O7. The molecule has 12 nitrogen and oxygen atoms in total. The zero-order valence-corrected chi connectivity index (χ0v) is 31.7. The molecular weight excluding hydrogens is 688 g/mol. The molecule has 2 rings (SSSR count). The second-order valence-electron chi connectivity index (χ2n) is 14.1. The highest BCUT2D eigenvalue weighted by molar-refractivity contribution is 5.97. The fourth-order valence-corrected chi connectivity index (χ4v) is 6.06. The van der Waals surface area contributed by atoms with Gasteiger partial charge in [-0.1, -0.05) is 79.2 Å². The van der Waals surface area contributed by atoms with E-state index in [1.165, 1.54) is 7.11 Å². The summed E-state index contributed by atoms with van der Waals surface area (Å²) in [6, 6.07) is 1.24. The fourth-order valence-electron chi connectivity index (χ4n) is 6.06. The summed E-state index contributed by atoms with van der Waals surface area (Å²) in [6.45, 7) is 7.93. The first-order valence-electron chi connectivity index (χ1n) is 17.6. The molecule has 1 unspecified atom stereocenters. The highest BCUT2D eigenvalue weighted by atomic mass is 35.5. The van der Waals surface area contributed by atoms with Crippen LogP contribution in [0.1, 0.15) is 104 Å². The van der Waals surface area contributed by atoms with E-state index in [0.717, 1.165) is 32.1 Å². The molecule has 0 spiro atoms. The van der Waals surface area contributed by atoms with E-state index in [-0.39, 0.29) is 73.6 Å². The van der Waals surface area contributed by atoms with Gasteiger partial charge in [0.2, 0.25) is 29.4 Å². The summed E-state index contributed by atoms with van der Waals surface area (Å²) in [6.07, 6.45) is 5.23. The zero-order valence-electron chi connectivity index (χ0n) is 30.9. The number of amides is 4. The average Bonchev–Trinajstić information content (AvgIpc) is 3.02. The smallest absolute Gasteiger partial charge is 0.324 e. The number of ether oxygens (including phenoxy) is 1. The quantitative estimate of drug-likeness (QED) is 0.124. The molecule has 0 bridgehead atoms. The van der Waals surface area contributed by atoms with Crippen LogP contribution in [0.2, 0.25) is 0 Å². The minimum atomic E-state index is -3.92. The molecule has 0 radical (unpaired) electrons. The van der Waals surface area contributed by atoms with Crippen molar-refractivity contribution in [3.05, 3.63) is 23.8 Å². The molecule has 0 aliphatic heterocycles. The van der Waals surface area contributed by atoms with E-state index in [4.69, 9.17) is 10.5 Å². The van der Waals surface area contributed by atoms with Crippen molar-refractivity contribution in [2.24, 2.45) is 17.8 Å². The van der Waals surface area contributed by atoms with Gasteiger partial charge in [-0.3, -0.25) is 24.0 Å². The molecule has 0 heterocycles. The Kier molecular flexibility index (Phi) is 21.5. The van der Waals surface area contributed by atoms with Crippen molar-refractivity contribution < 1.29 is 43.0 Å². The number of halogens is 3. The van der Waals surface area contributed by atoms with Crippen molar-refractivity contribution in [1.29, 1.82) is 0 Å². The van der Waals surface area contributed by atoms with Crippen LogP contribution in [0.25, 0.3) is 0 Å². The van der Waals surface area contributed by atoms with Crippen LogP contribution in [-0.2, 0) is 30.4 Å². The van der Waals surface area contributed by atoms with Gasteiger partial charge < -0.3 is 37.2 Å². The van der Waals surface area contributed by atoms with Crippen molar-refractivity contribution in [2.45, 2.75) is 129 Å². The summed E-state index contributed by atoms with van der Waals surface area (Å²) in [5.41, 5.74) is 7.05. The number of Topliss-reactive ketones (excluding diaryl/α,β-unsaturated/α-hetero) is 1. The maximum Gasteiger partial charge on any atom is 0.324 e. The molecule has 1 aromatic rings. The Hall–Kier alpha value is -3.52. The molecule has 0 saturated heterocycles. The first-order valence-corrected chi connectivity index (χ1v) is 17.6. The van der Waals surface area contributed by atoms with E-state index in [2.05, 4.69) is 21.3 Å². The molecule has 292 valence electrons. The van der Waals surface area contributed by atoms with Crippen LogP contribution >= 0.6 is 12.4 Å². The summed E-state index contributed by atoms with van der Waals surface area (Å²) in [5, 5.41) is 10.2. The predicted octanol–water partition coefficient (Wildman–Crippen LogP) is 4.05. The number of rotatable bonds is 20. The van der Waals surface area contributed by atoms with Gasteiger partial charge in [-0.05, 0) is 48.3 Å². The largest absolute Gasteiger partial charge is 0.495 e. The first kappa shape index (κ1) is 47.5. The number of nitrogens with two attached hydrogens (primary N) is 1. The number of benzene rings is 1. The second-order valence-corrected chi connectivity index (χ2v) is 14.1. The Labute approximate surface area is 307 Å². The predicted molar refractivity (Wildman–Crippen MR) is 196 cm³/mol. The third-order valence-corrected chi connectivity index (χ3v) is 8.58. The lowest BCUT2D eigenvalue weighted by Gasteiger charge is -2.30. The molecule has 0 aromatic heterocycles. The molecule has 4 amide bonds. The van der Waals surface area contributed by atoms with Gasteiger partial charge in [0, 0.05) is 19.3 Å². The van der Waals surface area contributed by atoms with Crippen LogP contribution in [0.5, 0.6) is 5.75 Å². The van der Waals surface area contributed by atoms with Crippen LogP contribution in [0.4, 0.5) is 14.5 Å². The lowest BCUT2D eigenvalue weighted by Crippen LogP contribution is -2.58. The Morgan fingerprint density at radius 2 is 1.45 bits per heavy atom. The number of ketones is 1. The van der Waals surface area contributed by atoms with Gasteiger partial charge >= 0.3 is 5.92 Å². The van der Waals surface area contributed by atoms with Crippen molar-refractivity contribution in [1.82, 2.24) is 21.3 Å². The van der Waals surface area contributed by atoms with Crippen LogP contribution in [0.15, 0.2) is 18.2 Å². The topological polar surface area (TPSA) is 200 Å². The van der Waals surface area contributed by atoms with Gasteiger partial charge in [0.05, 0.1) is 25.4 Å². The van der Waals surface area contributed by atoms with E-state index in [1.54, 1.807) is 39.0 Å². The van der Waals surface area contributed by atoms with Gasteiger partial charge in [-0.15, -0.1) is 12.4 Å². The number of hydrogen-bond donors (Lipinski definition) is 5. The molecule has 1 aliphatic carbocycles. The number of carbonyl (C=O) groups is 5. The van der Waals surface area contributed by atoms with Crippen LogP contribution in [0, 0.1) is 17.8 Å². The first-order chi connectivity index (χ1) is 23.1. The Balaban J connectivity index is 0.0000125. The Morgan fingerprint density at radius 1 is 0.882 bits per heavy atom. The summed E-state index contributed by atoms with van der Waals surface area (Å²) in [5.74, 6) is -7.37. The van der Waals surface area contributed by atoms with E-state index in [9.17, 15) is 24.0 Å². The van der Waals surface area contributed by atoms with Crippen LogP contribution in [-0.4, -0.2) is 72.6 Å². The van der Waals surface area contributed by atoms with Gasteiger partial charge in [0.25, 0.3) is 0 Å². The minimum Gasteiger partial charge on any atom is -0.495 e. The van der Waals surface area contributed by atoms with E-state index in [0.29, 0.717) is 23.4 Å². The van der Waals surface area contributed by atoms with E-state index in [1.807, 2.05) is 13.8 Å². The number of carbonyl (C=O) groups excluding carboxylic acids is 5. The van der Waals surface area contributed by atoms with Gasteiger partial charge in [-0.25, -0.2) is 0 Å². The monoisotopic (exact) mass is 747 g/mol. The number of nitrogen functional groups attached to an aromatic ring is 1. The zero-order chi connectivity index (χ0) is 36.7. The highest BCUT2D eigenvalue weighted by Crippen LogP contribution is 2.29. The van der Waals surface area contributed by atoms with E-state index < -0.39 is 54.1 Å². The third kappa shape index (κ3) is 16.6. The molecule has 51 heavy (non-hydrogen) atoms. The van der Waals surface area contributed by atoms with Crippen molar-refractivity contribution in [3.8, 4) is 5.75 Å². The fraction of sp³-hybridized carbons (Fsp3) is 0.694. The molecule has 1 aromatic carbocycles. The number of anilines is 1. The molecule has 3 atom stereocenters. The number of methoxy groups -OCH3 is 1. The SMILES string of the molecule is CCC[C@H](NC(=O)[C@H](Cc1ccc(OC)c(N)c1)NC(=O)CC(C)C)C(=O)NC(CC1CCCCC1)C(=O)C(F)(F)CNC(=O)CC(C)C.Cl.O. The van der Waals surface area contributed by atoms with Gasteiger partial charge in [0.1, 0.15) is 17.8 Å². The lowest BCUT2D eigenvalue weighted by atomic mass is 9.83. The molecule has 15 heteroatoms. The van der Waals surface area contributed by atoms with Crippen LogP contribution < -0.4 is 31.7 Å². The summed E-state index contributed by atoms with van der Waals surface area (Å²) in [4.78, 5) is 65.6. The number of hydrogen-bond acceptors (Lipinski definition) is 7. The molecule has 1 aliphatic rings. The lowest BCUT2D eigenvalue weighted by molar-refractivity contribution is -0.148.